The van der Waals surface area contributed by atoms with Gasteiger partial charge in [0.2, 0.25) is 0 Å². The number of benzene rings is 1. The molecule has 0 aliphatic heterocycles. The number of rotatable bonds is 6. The van der Waals surface area contributed by atoms with E-state index in [1.54, 1.807) is 18.4 Å². The molecule has 6 heteroatoms. The first-order chi connectivity index (χ1) is 13.1. The van der Waals surface area contributed by atoms with Gasteiger partial charge in [0, 0.05) is 37.0 Å². The predicted molar refractivity (Wildman–Crippen MR) is 113 cm³/mol. The van der Waals surface area contributed by atoms with Crippen LogP contribution in [0.25, 0.3) is 0 Å². The molecule has 1 aromatic carbocycles. The van der Waals surface area contributed by atoms with E-state index in [4.69, 9.17) is 4.74 Å². The van der Waals surface area contributed by atoms with Crippen molar-refractivity contribution in [2.75, 3.05) is 27.7 Å². The molecule has 0 unspecified atom stereocenters. The van der Waals surface area contributed by atoms with Gasteiger partial charge in [0.15, 0.2) is 5.96 Å². The fraction of sp³-hybridized carbons (Fsp3) is 0.524. The number of thiazole rings is 1. The van der Waals surface area contributed by atoms with Crippen LogP contribution in [0.1, 0.15) is 41.9 Å². The number of hydrogen-bond acceptors (Lipinski definition) is 4. The lowest BCUT2D eigenvalue weighted by atomic mass is 9.78. The Kier molecular flexibility index (Phi) is 6.37. The summed E-state index contributed by atoms with van der Waals surface area (Å²) in [5.74, 6) is 1.89. The summed E-state index contributed by atoms with van der Waals surface area (Å²) in [7, 11) is 5.67. The quantitative estimate of drug-likeness (QED) is 0.603. The second-order valence-electron chi connectivity index (χ2n) is 7.30. The molecular weight excluding hydrogens is 356 g/mol. The highest BCUT2D eigenvalue weighted by Gasteiger charge is 2.38. The molecular formula is C21H30N4OS. The lowest BCUT2D eigenvalue weighted by Crippen LogP contribution is -2.45. The Morgan fingerprint density at radius 2 is 2.07 bits per heavy atom. The standard InChI is InChI=1S/C21H30N4OS/c1-16-24-17(14-27-16)13-25(3)20(22-2)23-15-21(11-7-8-12-21)18-9-5-6-10-19(18)26-4/h5-6,9-10,14H,7-8,11-13,15H2,1-4H3,(H,22,23). The van der Waals surface area contributed by atoms with E-state index in [-0.39, 0.29) is 5.41 Å². The Balaban J connectivity index is 1.73. The molecule has 1 aliphatic carbocycles. The molecule has 1 fully saturated rings. The lowest BCUT2D eigenvalue weighted by Gasteiger charge is -2.33. The van der Waals surface area contributed by atoms with Crippen LogP contribution in [0.3, 0.4) is 0 Å². The molecule has 5 nitrogen and oxygen atoms in total. The third kappa shape index (κ3) is 4.43. The van der Waals surface area contributed by atoms with E-state index >= 15 is 0 Å². The molecule has 1 aromatic heterocycles. The number of aromatic nitrogens is 1. The number of guanidine groups is 1. The zero-order valence-electron chi connectivity index (χ0n) is 16.8. The molecule has 0 atom stereocenters. The average molecular weight is 387 g/mol. The first-order valence-corrected chi connectivity index (χ1v) is 10.4. The number of aryl methyl sites for hydroxylation is 1. The molecule has 0 radical (unpaired) electrons. The van der Waals surface area contributed by atoms with Gasteiger partial charge in [-0.3, -0.25) is 4.99 Å². The Hall–Kier alpha value is -2.08. The predicted octanol–water partition coefficient (Wildman–Crippen LogP) is 3.98. The van der Waals surface area contributed by atoms with E-state index in [0.29, 0.717) is 0 Å². The summed E-state index contributed by atoms with van der Waals surface area (Å²) in [4.78, 5) is 11.2. The number of ether oxygens (including phenoxy) is 1. The van der Waals surface area contributed by atoms with Crippen LogP contribution in [0.5, 0.6) is 5.75 Å². The van der Waals surface area contributed by atoms with Crippen molar-refractivity contribution in [3.63, 3.8) is 0 Å². The number of hydrogen-bond donors (Lipinski definition) is 1. The van der Waals surface area contributed by atoms with Gasteiger partial charge < -0.3 is 15.0 Å². The van der Waals surface area contributed by atoms with E-state index in [0.717, 1.165) is 35.5 Å². The van der Waals surface area contributed by atoms with Crippen molar-refractivity contribution in [3.05, 3.63) is 45.9 Å². The van der Waals surface area contributed by atoms with Crippen molar-refractivity contribution in [2.45, 2.75) is 44.6 Å². The van der Waals surface area contributed by atoms with Crippen LogP contribution >= 0.6 is 11.3 Å². The number of nitrogens with one attached hydrogen (secondary N) is 1. The Bertz CT molecular complexity index is 780. The van der Waals surface area contributed by atoms with Gasteiger partial charge in [0.05, 0.1) is 24.4 Å². The molecule has 3 rings (SSSR count). The second kappa shape index (κ2) is 8.74. The number of methoxy groups -OCH3 is 1. The van der Waals surface area contributed by atoms with Crippen LogP contribution in [0, 0.1) is 6.92 Å². The van der Waals surface area contributed by atoms with Crippen molar-refractivity contribution in [1.29, 1.82) is 0 Å². The van der Waals surface area contributed by atoms with Crippen LogP contribution in [-0.4, -0.2) is 43.6 Å². The van der Waals surface area contributed by atoms with Crippen molar-refractivity contribution in [2.24, 2.45) is 4.99 Å². The summed E-state index contributed by atoms with van der Waals surface area (Å²) >= 11 is 1.69. The fourth-order valence-corrected chi connectivity index (χ4v) is 4.71. The molecule has 0 spiro atoms. The van der Waals surface area contributed by atoms with Crippen LogP contribution in [0.15, 0.2) is 34.6 Å². The molecule has 2 aromatic rings. The van der Waals surface area contributed by atoms with Crippen molar-refractivity contribution < 1.29 is 4.74 Å². The minimum absolute atomic E-state index is 0.0978. The highest BCUT2D eigenvalue weighted by Crippen LogP contribution is 2.44. The average Bonchev–Trinajstić information content (AvgIpc) is 3.32. The van der Waals surface area contributed by atoms with Gasteiger partial charge >= 0.3 is 0 Å². The summed E-state index contributed by atoms with van der Waals surface area (Å²) in [5.41, 5.74) is 2.50. The Labute approximate surface area is 166 Å². The maximum atomic E-state index is 5.67. The van der Waals surface area contributed by atoms with Gasteiger partial charge in [-0.2, -0.15) is 0 Å². The van der Waals surface area contributed by atoms with E-state index < -0.39 is 0 Å². The molecule has 0 bridgehead atoms. The van der Waals surface area contributed by atoms with Gasteiger partial charge in [-0.15, -0.1) is 11.3 Å². The summed E-state index contributed by atoms with van der Waals surface area (Å²) in [6, 6.07) is 8.45. The topological polar surface area (TPSA) is 49.8 Å². The molecule has 1 saturated carbocycles. The molecule has 1 N–H and O–H groups in total. The summed E-state index contributed by atoms with van der Waals surface area (Å²) in [6.45, 7) is 3.66. The molecule has 1 aliphatic rings. The molecule has 0 amide bonds. The largest absolute Gasteiger partial charge is 0.496 e. The molecule has 27 heavy (non-hydrogen) atoms. The SMILES string of the molecule is CN=C(NCC1(c2ccccc2OC)CCCC1)N(C)Cc1csc(C)n1. The highest BCUT2D eigenvalue weighted by molar-refractivity contribution is 7.09. The van der Waals surface area contributed by atoms with Crippen molar-refractivity contribution in [1.82, 2.24) is 15.2 Å². The third-order valence-corrected chi connectivity index (χ3v) is 6.29. The van der Waals surface area contributed by atoms with E-state index in [2.05, 4.69) is 50.8 Å². The number of para-hydroxylation sites is 1. The van der Waals surface area contributed by atoms with E-state index in [9.17, 15) is 0 Å². The monoisotopic (exact) mass is 386 g/mol. The van der Waals surface area contributed by atoms with Gasteiger partial charge in [0.25, 0.3) is 0 Å². The smallest absolute Gasteiger partial charge is 0.193 e. The van der Waals surface area contributed by atoms with Crippen LogP contribution in [-0.2, 0) is 12.0 Å². The van der Waals surface area contributed by atoms with Crippen LogP contribution < -0.4 is 10.1 Å². The first kappa shape index (κ1) is 19.7. The third-order valence-electron chi connectivity index (χ3n) is 5.46. The maximum Gasteiger partial charge on any atom is 0.193 e. The van der Waals surface area contributed by atoms with Gasteiger partial charge in [-0.1, -0.05) is 31.0 Å². The Morgan fingerprint density at radius 1 is 1.33 bits per heavy atom. The fourth-order valence-electron chi connectivity index (χ4n) is 4.11. The molecule has 1 heterocycles. The number of aliphatic imine (C=N–C) groups is 1. The minimum Gasteiger partial charge on any atom is -0.496 e. The van der Waals surface area contributed by atoms with Crippen LogP contribution in [0.4, 0.5) is 0 Å². The highest BCUT2D eigenvalue weighted by atomic mass is 32.1. The summed E-state index contributed by atoms with van der Waals surface area (Å²) in [5, 5.41) is 6.84. The summed E-state index contributed by atoms with van der Waals surface area (Å²) in [6.07, 6.45) is 4.86. The van der Waals surface area contributed by atoms with Gasteiger partial charge in [0.1, 0.15) is 5.75 Å². The first-order valence-electron chi connectivity index (χ1n) is 9.54. The molecule has 146 valence electrons. The normalized spacial score (nSPS) is 16.4. The summed E-state index contributed by atoms with van der Waals surface area (Å²) < 4.78 is 5.67. The van der Waals surface area contributed by atoms with Gasteiger partial charge in [-0.05, 0) is 25.8 Å². The van der Waals surface area contributed by atoms with Crippen molar-refractivity contribution in [3.8, 4) is 5.75 Å². The van der Waals surface area contributed by atoms with E-state index in [1.165, 1.54) is 31.2 Å². The maximum absolute atomic E-state index is 5.67. The number of nitrogens with zero attached hydrogens (tertiary/aromatic N) is 3. The minimum atomic E-state index is 0.0978. The van der Waals surface area contributed by atoms with Crippen molar-refractivity contribution >= 4 is 17.3 Å². The molecule has 0 saturated heterocycles. The van der Waals surface area contributed by atoms with E-state index in [1.807, 2.05) is 20.0 Å². The lowest BCUT2D eigenvalue weighted by molar-refractivity contribution is 0.366. The second-order valence-corrected chi connectivity index (χ2v) is 8.36. The van der Waals surface area contributed by atoms with Crippen LogP contribution in [0.2, 0.25) is 0 Å². The zero-order valence-corrected chi connectivity index (χ0v) is 17.6. The Morgan fingerprint density at radius 3 is 2.70 bits per heavy atom. The van der Waals surface area contributed by atoms with Gasteiger partial charge in [-0.25, -0.2) is 4.98 Å². The zero-order chi connectivity index (χ0) is 19.3.